The van der Waals surface area contributed by atoms with Gasteiger partial charge in [-0.25, -0.2) is 0 Å². The van der Waals surface area contributed by atoms with E-state index < -0.39 is 0 Å². The Morgan fingerprint density at radius 3 is 2.31 bits per heavy atom. The van der Waals surface area contributed by atoms with Crippen molar-refractivity contribution in [1.29, 1.82) is 5.26 Å². The van der Waals surface area contributed by atoms with Crippen LogP contribution in [0.4, 0.5) is 11.4 Å². The number of aromatic nitrogens is 1. The van der Waals surface area contributed by atoms with Crippen LogP contribution in [0.3, 0.4) is 0 Å². The summed E-state index contributed by atoms with van der Waals surface area (Å²) in [7, 11) is 0. The van der Waals surface area contributed by atoms with E-state index in [2.05, 4.69) is 21.7 Å². The second-order valence-electron chi connectivity index (χ2n) is 11.3. The highest BCUT2D eigenvalue weighted by Crippen LogP contribution is 2.29. The Morgan fingerprint density at radius 2 is 1.67 bits per heavy atom. The number of nitrogens with one attached hydrogen (secondary N) is 2. The van der Waals surface area contributed by atoms with Crippen LogP contribution in [-0.2, 0) is 10.2 Å². The lowest BCUT2D eigenvalue weighted by Crippen LogP contribution is -2.19. The van der Waals surface area contributed by atoms with Gasteiger partial charge in [0.25, 0.3) is 5.91 Å². The maximum Gasteiger partial charge on any atom is 0.255 e. The van der Waals surface area contributed by atoms with Crippen LogP contribution in [0.5, 0.6) is 0 Å². The molecule has 0 saturated carbocycles. The van der Waals surface area contributed by atoms with Gasteiger partial charge in [0.2, 0.25) is 5.91 Å². The topological polar surface area (TPSA) is 94.9 Å². The zero-order valence-corrected chi connectivity index (χ0v) is 22.1. The second kappa shape index (κ2) is 10.3. The number of nitrogens with zero attached hydrogens (tertiary/aromatic N) is 2. The number of benzene rings is 2. The van der Waals surface area contributed by atoms with Crippen molar-refractivity contribution in [3.05, 3.63) is 77.1 Å². The summed E-state index contributed by atoms with van der Waals surface area (Å²) in [5.41, 5.74) is 5.26. The highest BCUT2D eigenvalue weighted by atomic mass is 16.2. The van der Waals surface area contributed by atoms with Crippen molar-refractivity contribution >= 4 is 23.2 Å². The zero-order valence-electron chi connectivity index (χ0n) is 22.1. The summed E-state index contributed by atoms with van der Waals surface area (Å²) in [4.78, 5) is 30.0. The minimum atomic E-state index is -0.308. The van der Waals surface area contributed by atoms with E-state index in [9.17, 15) is 14.9 Å². The van der Waals surface area contributed by atoms with Crippen LogP contribution in [0.1, 0.15) is 75.1 Å². The zero-order chi connectivity index (χ0) is 26.7. The molecule has 0 aliphatic rings. The third kappa shape index (κ3) is 7.02. The Bertz CT molecular complexity index is 1340. The monoisotopic (exact) mass is 482 g/mol. The third-order valence-electron chi connectivity index (χ3n) is 5.68. The minimum absolute atomic E-state index is 0.0373. The van der Waals surface area contributed by atoms with Gasteiger partial charge in [-0.15, -0.1) is 0 Å². The SMILES string of the molecule is Cc1ncc(NC(=O)c2cc(C#N)cc(C(C)(C)C)c2)cc1-c1cccc(NC(=O)CC(C)(C)C)c1. The average Bonchev–Trinajstić information content (AvgIpc) is 2.78. The van der Waals surface area contributed by atoms with Gasteiger partial charge in [-0.05, 0) is 65.3 Å². The lowest BCUT2D eigenvalue weighted by Gasteiger charge is -2.20. The van der Waals surface area contributed by atoms with Gasteiger partial charge < -0.3 is 10.6 Å². The van der Waals surface area contributed by atoms with Crippen LogP contribution < -0.4 is 10.6 Å². The molecular formula is C30H34N4O2. The van der Waals surface area contributed by atoms with Crippen molar-refractivity contribution in [3.8, 4) is 17.2 Å². The Labute approximate surface area is 213 Å². The number of pyridine rings is 1. The fourth-order valence-electron chi connectivity index (χ4n) is 3.80. The van der Waals surface area contributed by atoms with Crippen LogP contribution >= 0.6 is 0 Å². The Hall–Kier alpha value is -3.98. The molecule has 0 aliphatic carbocycles. The molecule has 2 N–H and O–H groups in total. The second-order valence-corrected chi connectivity index (χ2v) is 11.3. The summed E-state index contributed by atoms with van der Waals surface area (Å²) in [6, 6.07) is 16.8. The van der Waals surface area contributed by atoms with Crippen LogP contribution in [0, 0.1) is 23.7 Å². The first-order valence-electron chi connectivity index (χ1n) is 12.0. The fraction of sp³-hybridized carbons (Fsp3) is 0.333. The van der Waals surface area contributed by atoms with Crippen molar-refractivity contribution in [1.82, 2.24) is 4.98 Å². The molecule has 3 rings (SSSR count). The average molecular weight is 483 g/mol. The Kier molecular flexibility index (Phi) is 7.64. The number of rotatable bonds is 5. The first kappa shape index (κ1) is 26.6. The maximum absolute atomic E-state index is 13.1. The molecule has 2 amide bonds. The van der Waals surface area contributed by atoms with Crippen molar-refractivity contribution in [3.63, 3.8) is 0 Å². The van der Waals surface area contributed by atoms with Gasteiger partial charge in [0.15, 0.2) is 0 Å². The summed E-state index contributed by atoms with van der Waals surface area (Å²) in [6.45, 7) is 14.1. The highest BCUT2D eigenvalue weighted by Gasteiger charge is 2.19. The predicted octanol–water partition coefficient (Wildman–Crippen LogP) is 6.85. The molecule has 0 aliphatic heterocycles. The summed E-state index contributed by atoms with van der Waals surface area (Å²) in [6.07, 6.45) is 2.04. The maximum atomic E-state index is 13.1. The van der Waals surface area contributed by atoms with E-state index >= 15 is 0 Å². The van der Waals surface area contributed by atoms with Crippen molar-refractivity contribution in [2.75, 3.05) is 10.6 Å². The van der Waals surface area contributed by atoms with Crippen LogP contribution in [-0.4, -0.2) is 16.8 Å². The largest absolute Gasteiger partial charge is 0.326 e. The number of amides is 2. The minimum Gasteiger partial charge on any atom is -0.326 e. The Morgan fingerprint density at radius 1 is 0.944 bits per heavy atom. The lowest BCUT2D eigenvalue weighted by atomic mass is 9.85. The van der Waals surface area contributed by atoms with Crippen molar-refractivity contribution in [2.24, 2.45) is 5.41 Å². The van der Waals surface area contributed by atoms with E-state index in [4.69, 9.17) is 0 Å². The van der Waals surface area contributed by atoms with Gasteiger partial charge in [0.05, 0.1) is 23.5 Å². The molecule has 0 radical (unpaired) electrons. The number of carbonyl (C=O) groups excluding carboxylic acids is 2. The molecule has 186 valence electrons. The van der Waals surface area contributed by atoms with E-state index in [0.717, 1.165) is 22.4 Å². The molecule has 36 heavy (non-hydrogen) atoms. The highest BCUT2D eigenvalue weighted by molar-refractivity contribution is 6.05. The lowest BCUT2D eigenvalue weighted by molar-refractivity contribution is -0.117. The number of aryl methyl sites for hydroxylation is 1. The molecule has 3 aromatic rings. The van der Waals surface area contributed by atoms with Gasteiger partial charge in [-0.1, -0.05) is 53.7 Å². The molecule has 2 aromatic carbocycles. The summed E-state index contributed by atoms with van der Waals surface area (Å²) in [5.74, 6) is -0.345. The molecule has 0 saturated heterocycles. The summed E-state index contributed by atoms with van der Waals surface area (Å²) >= 11 is 0. The number of hydrogen-bond acceptors (Lipinski definition) is 4. The molecule has 0 fully saturated rings. The van der Waals surface area contributed by atoms with E-state index in [1.165, 1.54) is 0 Å². The van der Waals surface area contributed by atoms with Crippen molar-refractivity contribution < 1.29 is 9.59 Å². The number of anilines is 2. The predicted molar refractivity (Wildman–Crippen MR) is 145 cm³/mol. The molecule has 1 aromatic heterocycles. The van der Waals surface area contributed by atoms with E-state index in [1.807, 2.05) is 90.9 Å². The molecular weight excluding hydrogens is 448 g/mol. The van der Waals surface area contributed by atoms with Gasteiger partial charge in [0, 0.05) is 28.9 Å². The molecule has 0 spiro atoms. The number of carbonyl (C=O) groups is 2. The van der Waals surface area contributed by atoms with Crippen LogP contribution in [0.15, 0.2) is 54.7 Å². The third-order valence-corrected chi connectivity index (χ3v) is 5.68. The van der Waals surface area contributed by atoms with Crippen LogP contribution in [0.25, 0.3) is 11.1 Å². The molecule has 0 atom stereocenters. The standard InChI is InChI=1S/C30H34N4O2/c1-19-26(21-9-8-10-24(14-21)33-27(35)16-29(2,3)4)15-25(18-32-19)34-28(36)22-11-20(17-31)12-23(13-22)30(5,6)7/h8-15,18H,16H2,1-7H3,(H,33,35)(H,34,36). The summed E-state index contributed by atoms with van der Waals surface area (Å²) in [5, 5.41) is 15.3. The molecule has 1 heterocycles. The van der Waals surface area contributed by atoms with Gasteiger partial charge in [0.1, 0.15) is 0 Å². The molecule has 0 bridgehead atoms. The van der Waals surface area contributed by atoms with E-state index in [0.29, 0.717) is 28.9 Å². The summed E-state index contributed by atoms with van der Waals surface area (Å²) < 4.78 is 0. The smallest absolute Gasteiger partial charge is 0.255 e. The van der Waals surface area contributed by atoms with E-state index in [1.54, 1.807) is 12.3 Å². The van der Waals surface area contributed by atoms with Gasteiger partial charge in [-0.3, -0.25) is 14.6 Å². The fourth-order valence-corrected chi connectivity index (χ4v) is 3.80. The first-order chi connectivity index (χ1) is 16.7. The molecule has 6 nitrogen and oxygen atoms in total. The normalized spacial score (nSPS) is 11.5. The van der Waals surface area contributed by atoms with Gasteiger partial charge >= 0.3 is 0 Å². The number of nitriles is 1. The number of hydrogen-bond donors (Lipinski definition) is 2. The molecule has 6 heteroatoms. The first-order valence-corrected chi connectivity index (χ1v) is 12.0. The Balaban J connectivity index is 1.87. The molecule has 0 unspecified atom stereocenters. The van der Waals surface area contributed by atoms with Crippen molar-refractivity contribution in [2.45, 2.75) is 60.3 Å². The van der Waals surface area contributed by atoms with Crippen LogP contribution in [0.2, 0.25) is 0 Å². The van der Waals surface area contributed by atoms with E-state index in [-0.39, 0.29) is 22.6 Å². The van der Waals surface area contributed by atoms with Gasteiger partial charge in [-0.2, -0.15) is 5.26 Å². The quantitative estimate of drug-likeness (QED) is 0.415.